The minimum atomic E-state index is 0.604. The lowest BCUT2D eigenvalue weighted by molar-refractivity contribution is 0.623. The number of fused-ring (bicyclic) bond motifs is 6. The minimum absolute atomic E-state index is 0.604. The van der Waals surface area contributed by atoms with E-state index in [9.17, 15) is 0 Å². The molecule has 9 rings (SSSR count). The Morgan fingerprint density at radius 3 is 2.07 bits per heavy atom. The van der Waals surface area contributed by atoms with Crippen LogP contribution in [-0.4, -0.2) is 4.98 Å². The Labute approximate surface area is 259 Å². The Hall–Kier alpha value is -6.13. The van der Waals surface area contributed by atoms with Crippen LogP contribution >= 0.6 is 0 Å². The zero-order valence-electron chi connectivity index (χ0n) is 24.2. The van der Waals surface area contributed by atoms with Gasteiger partial charge in [-0.05, 0) is 65.5 Å². The zero-order valence-corrected chi connectivity index (χ0v) is 24.2. The van der Waals surface area contributed by atoms with Crippen molar-refractivity contribution < 1.29 is 8.83 Å². The van der Waals surface area contributed by atoms with E-state index >= 15 is 0 Å². The van der Waals surface area contributed by atoms with Crippen molar-refractivity contribution in [3.63, 3.8) is 0 Å². The van der Waals surface area contributed by atoms with Crippen LogP contribution in [0.25, 0.3) is 66.4 Å². The molecule has 0 aliphatic rings. The summed E-state index contributed by atoms with van der Waals surface area (Å²) in [5.74, 6) is 0.604. The summed E-state index contributed by atoms with van der Waals surface area (Å²) in [4.78, 5) is 7.13. The molecule has 2 heterocycles. The highest BCUT2D eigenvalue weighted by molar-refractivity contribution is 6.06. The van der Waals surface area contributed by atoms with Crippen LogP contribution < -0.4 is 4.90 Å². The Bertz CT molecular complexity index is 2490. The molecule has 7 aromatic carbocycles. The molecule has 0 radical (unpaired) electrons. The summed E-state index contributed by atoms with van der Waals surface area (Å²) < 4.78 is 12.7. The summed E-state index contributed by atoms with van der Waals surface area (Å²) in [5, 5.41) is 4.42. The molecule has 0 aliphatic carbocycles. The average Bonchev–Trinajstić information content (AvgIpc) is 3.71. The van der Waals surface area contributed by atoms with E-state index in [1.807, 2.05) is 36.4 Å². The Morgan fingerprint density at radius 1 is 0.467 bits per heavy atom. The summed E-state index contributed by atoms with van der Waals surface area (Å²) >= 11 is 0. The molecule has 212 valence electrons. The number of furan rings is 1. The molecule has 0 unspecified atom stereocenters. The van der Waals surface area contributed by atoms with Crippen LogP contribution in [0, 0.1) is 0 Å². The van der Waals surface area contributed by atoms with Gasteiger partial charge in [0.05, 0.1) is 5.69 Å². The smallest absolute Gasteiger partial charge is 0.227 e. The normalized spacial score (nSPS) is 11.6. The van der Waals surface area contributed by atoms with Gasteiger partial charge in [0.15, 0.2) is 5.58 Å². The summed E-state index contributed by atoms with van der Waals surface area (Å²) in [6.45, 7) is 0. The number of oxazole rings is 1. The van der Waals surface area contributed by atoms with Crippen molar-refractivity contribution in [3.05, 3.63) is 158 Å². The maximum absolute atomic E-state index is 6.35. The lowest BCUT2D eigenvalue weighted by Crippen LogP contribution is -2.11. The molecule has 0 saturated carbocycles. The first kappa shape index (κ1) is 25.4. The molecule has 0 saturated heterocycles. The maximum atomic E-state index is 6.35. The van der Waals surface area contributed by atoms with Gasteiger partial charge in [-0.1, -0.05) is 97.1 Å². The highest BCUT2D eigenvalue weighted by Crippen LogP contribution is 2.43. The highest BCUT2D eigenvalue weighted by atomic mass is 16.3. The molecule has 2 aromatic heterocycles. The molecule has 45 heavy (non-hydrogen) atoms. The molecule has 0 atom stereocenters. The van der Waals surface area contributed by atoms with E-state index in [0.717, 1.165) is 77.6 Å². The molecular weight excluding hydrogens is 552 g/mol. The van der Waals surface area contributed by atoms with Gasteiger partial charge in [-0.2, -0.15) is 0 Å². The molecule has 0 spiro atoms. The number of anilines is 3. The van der Waals surface area contributed by atoms with Gasteiger partial charge in [0.2, 0.25) is 5.89 Å². The van der Waals surface area contributed by atoms with Crippen LogP contribution in [0.2, 0.25) is 0 Å². The third-order valence-electron chi connectivity index (χ3n) is 8.50. The monoisotopic (exact) mass is 578 g/mol. The third-order valence-corrected chi connectivity index (χ3v) is 8.50. The van der Waals surface area contributed by atoms with Crippen molar-refractivity contribution in [2.45, 2.75) is 0 Å². The molecule has 0 N–H and O–H groups in total. The van der Waals surface area contributed by atoms with Gasteiger partial charge >= 0.3 is 0 Å². The topological polar surface area (TPSA) is 42.4 Å². The van der Waals surface area contributed by atoms with E-state index in [1.54, 1.807) is 0 Å². The van der Waals surface area contributed by atoms with Gasteiger partial charge < -0.3 is 13.7 Å². The lowest BCUT2D eigenvalue weighted by Gasteiger charge is -2.28. The van der Waals surface area contributed by atoms with Gasteiger partial charge in [0, 0.05) is 44.7 Å². The minimum Gasteiger partial charge on any atom is -0.456 e. The van der Waals surface area contributed by atoms with Gasteiger partial charge in [-0.25, -0.2) is 4.98 Å². The quantitative estimate of drug-likeness (QED) is 0.204. The van der Waals surface area contributed by atoms with Crippen LogP contribution in [0.4, 0.5) is 17.1 Å². The van der Waals surface area contributed by atoms with Crippen molar-refractivity contribution >= 4 is 60.9 Å². The molecule has 0 bridgehead atoms. The third kappa shape index (κ3) is 4.27. The zero-order chi connectivity index (χ0) is 29.7. The fourth-order valence-electron chi connectivity index (χ4n) is 6.34. The predicted octanol–water partition coefficient (Wildman–Crippen LogP) is 11.7. The molecular formula is C41H26N2O2. The van der Waals surface area contributed by atoms with E-state index in [2.05, 4.69) is 126 Å². The molecule has 4 heteroatoms. The van der Waals surface area contributed by atoms with Crippen molar-refractivity contribution in [1.29, 1.82) is 0 Å². The standard InChI is InChI=1S/C41H26N2O2/c1-2-10-27(11-3-1)32-13-6-8-16-37(32)43(31-23-24-35-34-15-7-9-17-38(34)44-39(35)26-31)30-21-18-29(19-22-30)41-42-36-25-20-28-12-4-5-14-33(28)40(36)45-41/h1-26H. The number of benzene rings is 7. The molecule has 0 fully saturated rings. The predicted molar refractivity (Wildman–Crippen MR) is 184 cm³/mol. The summed E-state index contributed by atoms with van der Waals surface area (Å²) in [6, 6.07) is 54.5. The fourth-order valence-corrected chi connectivity index (χ4v) is 6.34. The first-order valence-corrected chi connectivity index (χ1v) is 15.0. The number of rotatable bonds is 5. The SMILES string of the molecule is c1ccc(-c2ccccc2N(c2ccc(-c3nc4ccc5ccccc5c4o3)cc2)c2ccc3c(c2)oc2ccccc23)cc1. The van der Waals surface area contributed by atoms with Crippen LogP contribution in [0.3, 0.4) is 0 Å². The molecule has 0 amide bonds. The summed E-state index contributed by atoms with van der Waals surface area (Å²) in [6.07, 6.45) is 0. The molecule has 9 aromatic rings. The van der Waals surface area contributed by atoms with Gasteiger partial charge in [0.1, 0.15) is 16.7 Å². The van der Waals surface area contributed by atoms with Crippen molar-refractivity contribution in [2.24, 2.45) is 0 Å². The highest BCUT2D eigenvalue weighted by Gasteiger charge is 2.19. The van der Waals surface area contributed by atoms with E-state index in [0.29, 0.717) is 5.89 Å². The number of hydrogen-bond acceptors (Lipinski definition) is 4. The van der Waals surface area contributed by atoms with Crippen LogP contribution in [0.1, 0.15) is 0 Å². The summed E-state index contributed by atoms with van der Waals surface area (Å²) in [7, 11) is 0. The number of hydrogen-bond donors (Lipinski definition) is 0. The lowest BCUT2D eigenvalue weighted by atomic mass is 10.0. The van der Waals surface area contributed by atoms with Gasteiger partial charge in [0.25, 0.3) is 0 Å². The van der Waals surface area contributed by atoms with Crippen molar-refractivity contribution in [2.75, 3.05) is 4.90 Å². The van der Waals surface area contributed by atoms with Crippen molar-refractivity contribution in [3.8, 4) is 22.6 Å². The number of nitrogens with zero attached hydrogens (tertiary/aromatic N) is 2. The first-order chi connectivity index (χ1) is 22.3. The summed E-state index contributed by atoms with van der Waals surface area (Å²) in [5.41, 5.74) is 9.70. The maximum Gasteiger partial charge on any atom is 0.227 e. The van der Waals surface area contributed by atoms with Crippen LogP contribution in [0.15, 0.2) is 167 Å². The van der Waals surface area contributed by atoms with Crippen LogP contribution in [0.5, 0.6) is 0 Å². The van der Waals surface area contributed by atoms with Crippen molar-refractivity contribution in [1.82, 2.24) is 4.98 Å². The number of aromatic nitrogens is 1. The molecule has 4 nitrogen and oxygen atoms in total. The first-order valence-electron chi connectivity index (χ1n) is 15.0. The average molecular weight is 579 g/mol. The van der Waals surface area contributed by atoms with E-state index < -0.39 is 0 Å². The Morgan fingerprint density at radius 2 is 1.18 bits per heavy atom. The van der Waals surface area contributed by atoms with E-state index in [4.69, 9.17) is 13.8 Å². The van der Waals surface area contributed by atoms with Crippen LogP contribution in [-0.2, 0) is 0 Å². The Kier molecular flexibility index (Phi) is 5.78. The number of para-hydroxylation sites is 2. The molecule has 0 aliphatic heterocycles. The second-order valence-corrected chi connectivity index (χ2v) is 11.2. The second kappa shape index (κ2) is 10.2. The van der Waals surface area contributed by atoms with E-state index in [-0.39, 0.29) is 0 Å². The largest absolute Gasteiger partial charge is 0.456 e. The Balaban J connectivity index is 1.19. The fraction of sp³-hybridized carbons (Fsp3) is 0. The van der Waals surface area contributed by atoms with Gasteiger partial charge in [-0.15, -0.1) is 0 Å². The van der Waals surface area contributed by atoms with E-state index in [1.165, 1.54) is 0 Å². The van der Waals surface area contributed by atoms with Gasteiger partial charge in [-0.3, -0.25) is 0 Å². The second-order valence-electron chi connectivity index (χ2n) is 11.2.